The van der Waals surface area contributed by atoms with E-state index in [1.165, 1.54) is 28.6 Å². The van der Waals surface area contributed by atoms with Gasteiger partial charge in [0.1, 0.15) is 0 Å². The number of halogens is 1. The van der Waals surface area contributed by atoms with Gasteiger partial charge in [0, 0.05) is 42.6 Å². The molecule has 2 aliphatic heterocycles. The van der Waals surface area contributed by atoms with Gasteiger partial charge in [0.05, 0.1) is 17.3 Å². The molecule has 2 heterocycles. The Morgan fingerprint density at radius 1 is 1.00 bits per heavy atom. The highest BCUT2D eigenvalue weighted by molar-refractivity contribution is 6.31. The van der Waals surface area contributed by atoms with Gasteiger partial charge in [0.25, 0.3) is 0 Å². The number of rotatable bonds is 4. The number of nitrogens with zero attached hydrogens (tertiary/aromatic N) is 2. The Balaban J connectivity index is 1.38. The number of nitrogens with one attached hydrogen (secondary N) is 1. The molecule has 5 rings (SSSR count). The van der Waals surface area contributed by atoms with Gasteiger partial charge in [-0.1, -0.05) is 55.8 Å². The minimum atomic E-state index is -0.963. The lowest BCUT2D eigenvalue weighted by Crippen LogP contribution is -2.46. The maximum absolute atomic E-state index is 11.9. The van der Waals surface area contributed by atoms with E-state index in [1.54, 1.807) is 0 Å². The number of fused-ring (bicyclic) bond motifs is 1. The normalized spacial score (nSPS) is 19.1. The molecule has 0 aliphatic carbocycles. The Morgan fingerprint density at radius 3 is 2.43 bits per heavy atom. The molecule has 0 radical (unpaired) electrons. The highest BCUT2D eigenvalue weighted by Gasteiger charge is 2.38. The zero-order valence-electron chi connectivity index (χ0n) is 20.5. The fourth-order valence-electron chi connectivity index (χ4n) is 5.63. The number of carboxylic acid groups (broad SMARTS) is 1. The van der Waals surface area contributed by atoms with E-state index >= 15 is 0 Å². The summed E-state index contributed by atoms with van der Waals surface area (Å²) in [6.45, 7) is 10.5. The molecule has 0 saturated carbocycles. The summed E-state index contributed by atoms with van der Waals surface area (Å²) in [5.41, 5.74) is 6.78. The first-order chi connectivity index (χ1) is 16.7. The lowest BCUT2D eigenvalue weighted by atomic mass is 9.72. The molecule has 1 fully saturated rings. The molecule has 35 heavy (non-hydrogen) atoms. The third-order valence-corrected chi connectivity index (χ3v) is 7.65. The van der Waals surface area contributed by atoms with Crippen molar-refractivity contribution < 1.29 is 9.90 Å². The van der Waals surface area contributed by atoms with Gasteiger partial charge in [0.2, 0.25) is 0 Å². The fraction of sp³-hybridized carbons (Fsp3) is 0.345. The summed E-state index contributed by atoms with van der Waals surface area (Å²) in [6, 6.07) is 20.7. The largest absolute Gasteiger partial charge is 0.478 e. The number of benzene rings is 3. The molecule has 2 N–H and O–H groups in total. The Morgan fingerprint density at radius 2 is 1.71 bits per heavy atom. The number of carboxylic acids is 1. The molecule has 3 aromatic carbocycles. The third kappa shape index (κ3) is 4.57. The molecule has 182 valence electrons. The summed E-state index contributed by atoms with van der Waals surface area (Å²) < 4.78 is 0. The molecular formula is C29H32ClN3O2. The van der Waals surface area contributed by atoms with Gasteiger partial charge in [-0.3, -0.25) is 0 Å². The van der Waals surface area contributed by atoms with Crippen LogP contribution in [0.3, 0.4) is 0 Å². The van der Waals surface area contributed by atoms with Crippen LogP contribution in [0, 0.1) is 12.3 Å². The molecule has 3 aromatic rings. The van der Waals surface area contributed by atoms with Crippen molar-refractivity contribution in [2.24, 2.45) is 5.41 Å². The SMILES string of the molecule is Cc1ccccc1N1CCN(c2cccc(C3Nc4c(cc(Cl)cc4C(=O)O)CC3(C)C)c2)CC1. The summed E-state index contributed by atoms with van der Waals surface area (Å²) in [4.78, 5) is 16.8. The van der Waals surface area contributed by atoms with Crippen molar-refractivity contribution in [1.82, 2.24) is 0 Å². The number of hydrogen-bond acceptors (Lipinski definition) is 4. The molecule has 1 saturated heterocycles. The van der Waals surface area contributed by atoms with Gasteiger partial charge in [-0.2, -0.15) is 0 Å². The van der Waals surface area contributed by atoms with E-state index in [1.807, 2.05) is 6.07 Å². The zero-order chi connectivity index (χ0) is 24.7. The fourth-order valence-corrected chi connectivity index (χ4v) is 5.87. The number of hydrogen-bond donors (Lipinski definition) is 2. The number of carbonyl (C=O) groups is 1. The van der Waals surface area contributed by atoms with E-state index < -0.39 is 5.97 Å². The van der Waals surface area contributed by atoms with Gasteiger partial charge >= 0.3 is 5.97 Å². The van der Waals surface area contributed by atoms with Crippen molar-refractivity contribution in [3.05, 3.63) is 87.9 Å². The van der Waals surface area contributed by atoms with Crippen LogP contribution in [0.15, 0.2) is 60.7 Å². The first kappa shape index (κ1) is 23.6. The topological polar surface area (TPSA) is 55.8 Å². The maximum atomic E-state index is 11.9. The lowest BCUT2D eigenvalue weighted by Gasteiger charge is -2.42. The zero-order valence-corrected chi connectivity index (χ0v) is 21.3. The first-order valence-corrected chi connectivity index (χ1v) is 12.6. The van der Waals surface area contributed by atoms with Crippen LogP contribution in [0.1, 0.15) is 46.9 Å². The van der Waals surface area contributed by atoms with E-state index in [2.05, 4.69) is 84.4 Å². The summed E-state index contributed by atoms with van der Waals surface area (Å²) in [7, 11) is 0. The van der Waals surface area contributed by atoms with E-state index in [0.717, 1.165) is 38.2 Å². The lowest BCUT2D eigenvalue weighted by molar-refractivity contribution is 0.0697. The highest BCUT2D eigenvalue weighted by atomic mass is 35.5. The van der Waals surface area contributed by atoms with Crippen molar-refractivity contribution in [1.29, 1.82) is 0 Å². The van der Waals surface area contributed by atoms with E-state index in [9.17, 15) is 9.90 Å². The van der Waals surface area contributed by atoms with Crippen LogP contribution < -0.4 is 15.1 Å². The second-order valence-corrected chi connectivity index (χ2v) is 10.8. The first-order valence-electron chi connectivity index (χ1n) is 12.2. The standard InChI is InChI=1S/C29H32ClN3O2/c1-19-7-4-5-10-25(19)33-13-11-32(12-14-33)23-9-6-8-20(16-23)27-29(2,3)18-21-15-22(30)17-24(28(34)35)26(21)31-27/h4-10,15-17,27,31H,11-14,18H2,1-3H3,(H,34,35). The summed E-state index contributed by atoms with van der Waals surface area (Å²) >= 11 is 6.24. The van der Waals surface area contributed by atoms with Crippen LogP contribution in [0.2, 0.25) is 5.02 Å². The number of aromatic carboxylic acids is 1. The van der Waals surface area contributed by atoms with E-state index in [-0.39, 0.29) is 17.0 Å². The Bertz CT molecular complexity index is 1260. The predicted molar refractivity (Wildman–Crippen MR) is 144 cm³/mol. The van der Waals surface area contributed by atoms with Gasteiger partial charge < -0.3 is 20.2 Å². The highest BCUT2D eigenvalue weighted by Crippen LogP contribution is 2.47. The van der Waals surface area contributed by atoms with Gasteiger partial charge in [0.15, 0.2) is 0 Å². The maximum Gasteiger partial charge on any atom is 0.337 e. The monoisotopic (exact) mass is 489 g/mol. The number of piperazine rings is 1. The van der Waals surface area contributed by atoms with E-state index in [4.69, 9.17) is 11.6 Å². The second-order valence-electron chi connectivity index (χ2n) is 10.4. The van der Waals surface area contributed by atoms with E-state index in [0.29, 0.717) is 10.7 Å². The molecular weight excluding hydrogens is 458 g/mol. The Kier molecular flexibility index (Phi) is 6.14. The van der Waals surface area contributed by atoms with Crippen molar-refractivity contribution in [2.45, 2.75) is 33.2 Å². The predicted octanol–water partition coefficient (Wildman–Crippen LogP) is 6.41. The Hall–Kier alpha value is -3.18. The van der Waals surface area contributed by atoms with Gasteiger partial charge in [-0.05, 0) is 65.8 Å². The smallest absolute Gasteiger partial charge is 0.337 e. The molecule has 0 bridgehead atoms. The summed E-state index contributed by atoms with van der Waals surface area (Å²) in [5, 5.41) is 13.8. The number of aryl methyl sites for hydroxylation is 1. The minimum Gasteiger partial charge on any atom is -0.478 e. The number of anilines is 3. The molecule has 0 amide bonds. The number of para-hydroxylation sites is 1. The third-order valence-electron chi connectivity index (χ3n) is 7.44. The van der Waals surface area contributed by atoms with Crippen molar-refractivity contribution in [2.75, 3.05) is 41.3 Å². The molecule has 1 atom stereocenters. The molecule has 2 aliphatic rings. The van der Waals surface area contributed by atoms with Crippen molar-refractivity contribution in [3.8, 4) is 0 Å². The molecule has 5 nitrogen and oxygen atoms in total. The van der Waals surface area contributed by atoms with Crippen LogP contribution in [0.5, 0.6) is 0 Å². The van der Waals surface area contributed by atoms with Crippen molar-refractivity contribution >= 4 is 34.6 Å². The minimum absolute atomic E-state index is 0.0116. The average Bonchev–Trinajstić information content (AvgIpc) is 2.83. The van der Waals surface area contributed by atoms with Crippen LogP contribution >= 0.6 is 11.6 Å². The van der Waals surface area contributed by atoms with Gasteiger partial charge in [-0.15, -0.1) is 0 Å². The molecule has 6 heteroatoms. The van der Waals surface area contributed by atoms with Crippen LogP contribution in [-0.4, -0.2) is 37.3 Å². The van der Waals surface area contributed by atoms with Crippen molar-refractivity contribution in [3.63, 3.8) is 0 Å². The summed E-state index contributed by atoms with van der Waals surface area (Å²) in [6.07, 6.45) is 0.750. The van der Waals surface area contributed by atoms with Crippen LogP contribution in [-0.2, 0) is 6.42 Å². The van der Waals surface area contributed by atoms with Crippen LogP contribution in [0.4, 0.5) is 17.1 Å². The Labute approximate surface area is 212 Å². The van der Waals surface area contributed by atoms with Crippen LogP contribution in [0.25, 0.3) is 0 Å². The molecule has 0 spiro atoms. The molecule has 1 unspecified atom stereocenters. The summed E-state index contributed by atoms with van der Waals surface area (Å²) in [5.74, 6) is -0.963. The molecule has 0 aromatic heterocycles. The quantitative estimate of drug-likeness (QED) is 0.443. The van der Waals surface area contributed by atoms with Gasteiger partial charge in [-0.25, -0.2) is 4.79 Å². The second kappa shape index (κ2) is 9.12. The average molecular weight is 490 g/mol.